The minimum atomic E-state index is 0.477. The van der Waals surface area contributed by atoms with Gasteiger partial charge in [0, 0.05) is 17.4 Å². The van der Waals surface area contributed by atoms with Crippen molar-refractivity contribution in [1.29, 1.82) is 0 Å². The number of H-pyrrole nitrogens is 1. The summed E-state index contributed by atoms with van der Waals surface area (Å²) >= 11 is 5.84. The third-order valence-electron chi connectivity index (χ3n) is 1.82. The quantitative estimate of drug-likeness (QED) is 0.683. The first kappa shape index (κ1) is 8.13. The standard InChI is InChI=1S/C9H8ClN3/c10-9-8(5-12-13-9)6-1-3-7(11)4-2-6/h1-5H,11H2,(H,12,13). The number of rotatable bonds is 1. The van der Waals surface area contributed by atoms with Crippen molar-refractivity contribution >= 4 is 17.3 Å². The molecule has 0 unspecified atom stereocenters. The minimum absolute atomic E-state index is 0.477. The summed E-state index contributed by atoms with van der Waals surface area (Å²) in [6.07, 6.45) is 1.76. The molecule has 0 spiro atoms. The third kappa shape index (κ3) is 1.51. The van der Waals surface area contributed by atoms with Gasteiger partial charge in [0.15, 0.2) is 5.15 Å². The number of nitrogens with one attached hydrogen (secondary N) is 1. The second kappa shape index (κ2) is 3.11. The average Bonchev–Trinajstić information content (AvgIpc) is 2.53. The molecule has 1 heterocycles. The summed E-state index contributed by atoms with van der Waals surface area (Å²) in [7, 11) is 0. The number of nitrogens with two attached hydrogens (primary N) is 1. The topological polar surface area (TPSA) is 54.7 Å². The SMILES string of the molecule is Nc1ccc(-c2c[nH]nc2Cl)cc1. The van der Waals surface area contributed by atoms with Gasteiger partial charge >= 0.3 is 0 Å². The molecule has 1 aromatic carbocycles. The van der Waals surface area contributed by atoms with Crippen LogP contribution in [0, 0.1) is 0 Å². The lowest BCUT2D eigenvalue weighted by Crippen LogP contribution is -1.83. The fraction of sp³-hybridized carbons (Fsp3) is 0. The Balaban J connectivity index is 2.47. The van der Waals surface area contributed by atoms with E-state index in [0.29, 0.717) is 5.15 Å². The lowest BCUT2D eigenvalue weighted by atomic mass is 10.1. The Bertz CT molecular complexity index is 405. The summed E-state index contributed by atoms with van der Waals surface area (Å²) < 4.78 is 0. The largest absolute Gasteiger partial charge is 0.399 e. The van der Waals surface area contributed by atoms with Crippen molar-refractivity contribution in [2.45, 2.75) is 0 Å². The van der Waals surface area contributed by atoms with Crippen LogP contribution in [0.15, 0.2) is 30.5 Å². The number of hydrogen-bond donors (Lipinski definition) is 2. The van der Waals surface area contributed by atoms with E-state index < -0.39 is 0 Å². The van der Waals surface area contributed by atoms with Gasteiger partial charge in [0.05, 0.1) is 0 Å². The maximum absolute atomic E-state index is 5.84. The molecule has 0 fully saturated rings. The van der Waals surface area contributed by atoms with E-state index in [4.69, 9.17) is 17.3 Å². The molecule has 0 aliphatic rings. The van der Waals surface area contributed by atoms with Crippen LogP contribution in [-0.4, -0.2) is 10.2 Å². The van der Waals surface area contributed by atoms with E-state index in [-0.39, 0.29) is 0 Å². The first-order valence-corrected chi connectivity index (χ1v) is 4.20. The minimum Gasteiger partial charge on any atom is -0.399 e. The Labute approximate surface area is 80.5 Å². The van der Waals surface area contributed by atoms with Crippen molar-refractivity contribution in [1.82, 2.24) is 10.2 Å². The van der Waals surface area contributed by atoms with Gasteiger partial charge in [-0.3, -0.25) is 5.10 Å². The van der Waals surface area contributed by atoms with Crippen molar-refractivity contribution in [2.24, 2.45) is 0 Å². The molecule has 0 saturated carbocycles. The lowest BCUT2D eigenvalue weighted by molar-refractivity contribution is 1.09. The molecule has 0 saturated heterocycles. The van der Waals surface area contributed by atoms with Crippen molar-refractivity contribution in [3.8, 4) is 11.1 Å². The molecule has 0 bridgehead atoms. The molecular formula is C9H8ClN3. The normalized spacial score (nSPS) is 10.2. The predicted octanol–water partition coefficient (Wildman–Crippen LogP) is 2.31. The van der Waals surface area contributed by atoms with Gasteiger partial charge in [-0.25, -0.2) is 0 Å². The van der Waals surface area contributed by atoms with E-state index in [2.05, 4.69) is 10.2 Å². The van der Waals surface area contributed by atoms with Crippen molar-refractivity contribution < 1.29 is 0 Å². The van der Waals surface area contributed by atoms with E-state index in [0.717, 1.165) is 16.8 Å². The van der Waals surface area contributed by atoms with Crippen LogP contribution in [0.2, 0.25) is 5.15 Å². The summed E-state index contributed by atoms with van der Waals surface area (Å²) in [5.41, 5.74) is 8.20. The van der Waals surface area contributed by atoms with Crippen LogP contribution in [0.3, 0.4) is 0 Å². The summed E-state index contributed by atoms with van der Waals surface area (Å²) in [6, 6.07) is 7.48. The Morgan fingerprint density at radius 1 is 1.23 bits per heavy atom. The molecule has 3 nitrogen and oxygen atoms in total. The smallest absolute Gasteiger partial charge is 0.158 e. The van der Waals surface area contributed by atoms with Crippen molar-refractivity contribution in [3.63, 3.8) is 0 Å². The van der Waals surface area contributed by atoms with Gasteiger partial charge in [0.1, 0.15) is 0 Å². The van der Waals surface area contributed by atoms with Gasteiger partial charge in [0.25, 0.3) is 0 Å². The number of nitrogens with zero attached hydrogens (tertiary/aromatic N) is 1. The first-order chi connectivity index (χ1) is 6.27. The van der Waals surface area contributed by atoms with Crippen LogP contribution in [0.25, 0.3) is 11.1 Å². The second-order valence-corrected chi connectivity index (χ2v) is 3.07. The molecule has 0 atom stereocenters. The number of benzene rings is 1. The molecule has 1 aromatic heterocycles. The number of anilines is 1. The second-order valence-electron chi connectivity index (χ2n) is 2.71. The lowest BCUT2D eigenvalue weighted by Gasteiger charge is -1.97. The van der Waals surface area contributed by atoms with E-state index >= 15 is 0 Å². The number of aromatic amines is 1. The summed E-state index contributed by atoms with van der Waals surface area (Å²) in [4.78, 5) is 0. The molecule has 66 valence electrons. The number of hydrogen-bond acceptors (Lipinski definition) is 2. The molecule has 3 N–H and O–H groups in total. The zero-order chi connectivity index (χ0) is 9.26. The molecule has 4 heteroatoms. The summed E-state index contributed by atoms with van der Waals surface area (Å²) in [6.45, 7) is 0. The Hall–Kier alpha value is -1.48. The van der Waals surface area contributed by atoms with Crippen molar-refractivity contribution in [3.05, 3.63) is 35.6 Å². The summed E-state index contributed by atoms with van der Waals surface area (Å²) in [5, 5.41) is 7.00. The van der Waals surface area contributed by atoms with Crippen LogP contribution in [0.4, 0.5) is 5.69 Å². The molecule has 0 aliphatic heterocycles. The van der Waals surface area contributed by atoms with Crippen LogP contribution in [-0.2, 0) is 0 Å². The van der Waals surface area contributed by atoms with Gasteiger partial charge in [-0.15, -0.1) is 0 Å². The van der Waals surface area contributed by atoms with Crippen LogP contribution in [0.5, 0.6) is 0 Å². The molecule has 2 rings (SSSR count). The first-order valence-electron chi connectivity index (χ1n) is 3.82. The average molecular weight is 194 g/mol. The highest BCUT2D eigenvalue weighted by molar-refractivity contribution is 6.32. The van der Waals surface area contributed by atoms with Crippen LogP contribution < -0.4 is 5.73 Å². The summed E-state index contributed by atoms with van der Waals surface area (Å²) in [5.74, 6) is 0. The predicted molar refractivity (Wildman–Crippen MR) is 53.4 cm³/mol. The Kier molecular flexibility index (Phi) is 1.94. The molecule has 13 heavy (non-hydrogen) atoms. The Morgan fingerprint density at radius 3 is 2.46 bits per heavy atom. The number of halogens is 1. The molecule has 0 aliphatic carbocycles. The number of nitrogen functional groups attached to an aromatic ring is 1. The van der Waals surface area contributed by atoms with E-state index in [1.807, 2.05) is 24.3 Å². The van der Waals surface area contributed by atoms with Gasteiger partial charge in [-0.05, 0) is 17.7 Å². The zero-order valence-electron chi connectivity index (χ0n) is 6.79. The Morgan fingerprint density at radius 2 is 1.92 bits per heavy atom. The highest BCUT2D eigenvalue weighted by Crippen LogP contribution is 2.25. The number of aromatic nitrogens is 2. The highest BCUT2D eigenvalue weighted by Gasteiger charge is 2.04. The fourth-order valence-electron chi connectivity index (χ4n) is 1.14. The molecule has 0 amide bonds. The maximum Gasteiger partial charge on any atom is 0.158 e. The van der Waals surface area contributed by atoms with Gasteiger partial charge in [0.2, 0.25) is 0 Å². The van der Waals surface area contributed by atoms with Crippen LogP contribution >= 0.6 is 11.6 Å². The zero-order valence-corrected chi connectivity index (χ0v) is 7.55. The van der Waals surface area contributed by atoms with E-state index in [9.17, 15) is 0 Å². The van der Waals surface area contributed by atoms with E-state index in [1.165, 1.54) is 0 Å². The molecule has 0 radical (unpaired) electrons. The van der Waals surface area contributed by atoms with Gasteiger partial charge in [-0.1, -0.05) is 23.7 Å². The maximum atomic E-state index is 5.84. The van der Waals surface area contributed by atoms with Crippen LogP contribution in [0.1, 0.15) is 0 Å². The third-order valence-corrected chi connectivity index (χ3v) is 2.10. The van der Waals surface area contributed by atoms with E-state index in [1.54, 1.807) is 6.20 Å². The molecular weight excluding hydrogens is 186 g/mol. The highest BCUT2D eigenvalue weighted by atomic mass is 35.5. The van der Waals surface area contributed by atoms with Gasteiger partial charge < -0.3 is 5.73 Å². The molecule has 2 aromatic rings. The van der Waals surface area contributed by atoms with Gasteiger partial charge in [-0.2, -0.15) is 5.10 Å². The van der Waals surface area contributed by atoms with Crippen molar-refractivity contribution in [2.75, 3.05) is 5.73 Å². The fourth-order valence-corrected chi connectivity index (χ4v) is 1.35. The monoisotopic (exact) mass is 193 g/mol.